The molecule has 9 heteroatoms. The molecular weight excluding hydrogens is 382 g/mol. The van der Waals surface area contributed by atoms with Crippen LogP contribution in [-0.2, 0) is 11.3 Å². The Balaban J connectivity index is 1.76. The van der Waals surface area contributed by atoms with Crippen LogP contribution in [0.25, 0.3) is 0 Å². The van der Waals surface area contributed by atoms with Gasteiger partial charge in [0.2, 0.25) is 0 Å². The summed E-state index contributed by atoms with van der Waals surface area (Å²) in [5, 5.41) is 20.2. The van der Waals surface area contributed by atoms with Crippen molar-refractivity contribution in [2.75, 3.05) is 25.1 Å². The van der Waals surface area contributed by atoms with Gasteiger partial charge < -0.3 is 25.4 Å². The van der Waals surface area contributed by atoms with E-state index in [9.17, 15) is 5.26 Å². The van der Waals surface area contributed by atoms with E-state index in [1.54, 1.807) is 38.4 Å². The Hall–Kier alpha value is -4.32. The molecule has 3 aromatic rings. The number of amidine groups is 1. The van der Waals surface area contributed by atoms with Crippen LogP contribution in [0.2, 0.25) is 0 Å². The molecule has 0 radical (unpaired) electrons. The van der Waals surface area contributed by atoms with Crippen molar-refractivity contribution in [2.45, 2.75) is 6.61 Å². The van der Waals surface area contributed by atoms with E-state index in [1.165, 1.54) is 4.90 Å². The maximum Gasteiger partial charge on any atom is 0.284 e. The fraction of sp³-hybridized carbons (Fsp3) is 0.143. The molecule has 0 saturated carbocycles. The number of nitrogen functional groups attached to an aromatic ring is 1. The minimum atomic E-state index is -0.0501. The molecule has 1 aromatic heterocycles. The molecule has 0 bridgehead atoms. The van der Waals surface area contributed by atoms with Gasteiger partial charge in [0.15, 0.2) is 18.2 Å². The average molecular weight is 403 g/mol. The van der Waals surface area contributed by atoms with Gasteiger partial charge in [0.25, 0.3) is 6.02 Å². The predicted octanol–water partition coefficient (Wildman–Crippen LogP) is 3.48. The lowest BCUT2D eigenvalue weighted by Crippen LogP contribution is -2.24. The zero-order chi connectivity index (χ0) is 21.5. The van der Waals surface area contributed by atoms with Crippen molar-refractivity contribution in [3.63, 3.8) is 0 Å². The van der Waals surface area contributed by atoms with Crippen LogP contribution in [0.15, 0.2) is 54.6 Å². The molecule has 2 aromatic carbocycles. The van der Waals surface area contributed by atoms with Crippen LogP contribution < -0.4 is 15.8 Å². The van der Waals surface area contributed by atoms with E-state index >= 15 is 0 Å². The second-order valence-electron chi connectivity index (χ2n) is 6.41. The van der Waals surface area contributed by atoms with E-state index in [0.29, 0.717) is 11.4 Å². The molecule has 4 N–H and O–H groups in total. The normalized spacial score (nSPS) is 10.0. The first-order valence-corrected chi connectivity index (χ1v) is 9.01. The molecule has 30 heavy (non-hydrogen) atoms. The number of hydrogen-bond acceptors (Lipinski definition) is 8. The van der Waals surface area contributed by atoms with Gasteiger partial charge >= 0.3 is 0 Å². The second kappa shape index (κ2) is 9.25. The summed E-state index contributed by atoms with van der Waals surface area (Å²) in [7, 11) is 3.38. The standard InChI is InChI=1S/C21H21N7O2/c1-28(2)21(24)29-13-18-26-19(23)17(12-22)20(27-18)25-14-8-10-16(11-9-14)30-15-6-4-3-5-7-15/h3-11,24H,13H2,1-2H3,(H3,23,25,26,27). The Labute approximate surface area is 174 Å². The molecule has 0 unspecified atom stereocenters. The number of nitrogens with zero attached hydrogens (tertiary/aromatic N) is 4. The molecule has 0 aliphatic rings. The van der Waals surface area contributed by atoms with Crippen molar-refractivity contribution in [2.24, 2.45) is 0 Å². The number of hydrogen-bond donors (Lipinski definition) is 3. The molecule has 1 heterocycles. The summed E-state index contributed by atoms with van der Waals surface area (Å²) >= 11 is 0. The van der Waals surface area contributed by atoms with Crippen LogP contribution in [0, 0.1) is 16.7 Å². The SMILES string of the molecule is CN(C)C(=N)OCc1nc(N)c(C#N)c(Nc2ccc(Oc3ccccc3)cc2)n1. The van der Waals surface area contributed by atoms with E-state index < -0.39 is 0 Å². The summed E-state index contributed by atoms with van der Waals surface area (Å²) in [6.45, 7) is -0.0501. The summed E-state index contributed by atoms with van der Waals surface area (Å²) in [6.07, 6.45) is 0. The van der Waals surface area contributed by atoms with Crippen LogP contribution in [-0.4, -0.2) is 35.0 Å². The molecule has 9 nitrogen and oxygen atoms in total. The summed E-state index contributed by atoms with van der Waals surface area (Å²) < 4.78 is 11.1. The zero-order valence-corrected chi connectivity index (χ0v) is 16.6. The lowest BCUT2D eigenvalue weighted by Gasteiger charge is -2.15. The maximum atomic E-state index is 9.43. The lowest BCUT2D eigenvalue weighted by molar-refractivity contribution is 0.235. The number of para-hydroxylation sites is 1. The van der Waals surface area contributed by atoms with Gasteiger partial charge in [-0.3, -0.25) is 5.41 Å². The van der Waals surface area contributed by atoms with Crippen LogP contribution >= 0.6 is 0 Å². The van der Waals surface area contributed by atoms with Gasteiger partial charge in [-0.15, -0.1) is 0 Å². The van der Waals surface area contributed by atoms with Crippen LogP contribution in [0.5, 0.6) is 11.5 Å². The highest BCUT2D eigenvalue weighted by molar-refractivity contribution is 5.70. The lowest BCUT2D eigenvalue weighted by atomic mass is 10.2. The molecule has 0 saturated heterocycles. The topological polar surface area (TPSA) is 133 Å². The summed E-state index contributed by atoms with van der Waals surface area (Å²) in [5.74, 6) is 1.96. The number of nitriles is 1. The third kappa shape index (κ3) is 5.14. The molecule has 0 fully saturated rings. The first kappa shape index (κ1) is 20.4. The third-order valence-electron chi connectivity index (χ3n) is 3.94. The highest BCUT2D eigenvalue weighted by atomic mass is 16.5. The minimum absolute atomic E-state index is 0.0361. The van der Waals surface area contributed by atoms with E-state index in [1.807, 2.05) is 36.4 Å². The molecule has 0 aliphatic carbocycles. The van der Waals surface area contributed by atoms with Crippen LogP contribution in [0.4, 0.5) is 17.3 Å². The molecule has 152 valence electrons. The van der Waals surface area contributed by atoms with Crippen LogP contribution in [0.3, 0.4) is 0 Å². The highest BCUT2D eigenvalue weighted by Gasteiger charge is 2.14. The van der Waals surface area contributed by atoms with Gasteiger partial charge in [-0.25, -0.2) is 9.97 Å². The number of nitrogens with two attached hydrogens (primary N) is 1. The highest BCUT2D eigenvalue weighted by Crippen LogP contribution is 2.26. The number of rotatable bonds is 6. The average Bonchev–Trinajstić information content (AvgIpc) is 2.74. The Morgan fingerprint density at radius 1 is 1.10 bits per heavy atom. The van der Waals surface area contributed by atoms with E-state index in [-0.39, 0.29) is 35.7 Å². The third-order valence-corrected chi connectivity index (χ3v) is 3.94. The number of ether oxygens (including phenoxy) is 2. The van der Waals surface area contributed by atoms with Crippen molar-refractivity contribution in [3.05, 3.63) is 66.0 Å². The summed E-state index contributed by atoms with van der Waals surface area (Å²) in [4.78, 5) is 9.91. The molecule has 0 aliphatic heterocycles. The largest absolute Gasteiger partial charge is 0.457 e. The van der Waals surface area contributed by atoms with Gasteiger partial charge in [0.1, 0.15) is 28.9 Å². The van der Waals surface area contributed by atoms with Gasteiger partial charge in [0.05, 0.1) is 0 Å². The van der Waals surface area contributed by atoms with Crippen molar-refractivity contribution in [3.8, 4) is 17.6 Å². The Kier molecular flexibility index (Phi) is 6.29. The molecular formula is C21H21N7O2. The van der Waals surface area contributed by atoms with Crippen molar-refractivity contribution in [1.82, 2.24) is 14.9 Å². The van der Waals surface area contributed by atoms with Crippen molar-refractivity contribution < 1.29 is 9.47 Å². The van der Waals surface area contributed by atoms with Crippen LogP contribution in [0.1, 0.15) is 11.4 Å². The second-order valence-corrected chi connectivity index (χ2v) is 6.41. The molecule has 3 rings (SSSR count). The van der Waals surface area contributed by atoms with Gasteiger partial charge in [0, 0.05) is 19.8 Å². The van der Waals surface area contributed by atoms with Gasteiger partial charge in [-0.2, -0.15) is 5.26 Å². The molecule has 0 spiro atoms. The first-order chi connectivity index (χ1) is 14.5. The van der Waals surface area contributed by atoms with Gasteiger partial charge in [-0.05, 0) is 36.4 Å². The van der Waals surface area contributed by atoms with Crippen molar-refractivity contribution in [1.29, 1.82) is 10.7 Å². The number of nitrogens with one attached hydrogen (secondary N) is 2. The first-order valence-electron chi connectivity index (χ1n) is 9.01. The van der Waals surface area contributed by atoms with E-state index in [2.05, 4.69) is 15.3 Å². The molecule has 0 atom stereocenters. The Morgan fingerprint density at radius 3 is 2.40 bits per heavy atom. The van der Waals surface area contributed by atoms with E-state index in [4.69, 9.17) is 20.6 Å². The zero-order valence-electron chi connectivity index (χ0n) is 16.6. The van der Waals surface area contributed by atoms with Crippen molar-refractivity contribution >= 4 is 23.3 Å². The Morgan fingerprint density at radius 2 is 1.77 bits per heavy atom. The summed E-state index contributed by atoms with van der Waals surface area (Å²) in [6, 6.07) is 18.6. The predicted molar refractivity (Wildman–Crippen MR) is 114 cm³/mol. The number of benzene rings is 2. The smallest absolute Gasteiger partial charge is 0.284 e. The monoisotopic (exact) mass is 403 g/mol. The quantitative estimate of drug-likeness (QED) is 0.421. The van der Waals surface area contributed by atoms with E-state index in [0.717, 1.165) is 5.75 Å². The van der Waals surface area contributed by atoms with Gasteiger partial charge in [-0.1, -0.05) is 18.2 Å². The maximum absolute atomic E-state index is 9.43. The number of aromatic nitrogens is 2. The fourth-order valence-corrected chi connectivity index (χ4v) is 2.42. The number of anilines is 3. The molecule has 0 amide bonds. The Bertz CT molecular complexity index is 1060. The minimum Gasteiger partial charge on any atom is -0.457 e. The summed E-state index contributed by atoms with van der Waals surface area (Å²) in [5.41, 5.74) is 6.73. The fourth-order valence-electron chi connectivity index (χ4n) is 2.42.